The Morgan fingerprint density at radius 3 is 1.41 bits per heavy atom. The molecule has 0 atom stereocenters. The normalized spacial score (nSPS) is 16.4. The molecule has 2 aliphatic rings. The minimum atomic E-state index is -3.08. The molecular weight excluding hydrogens is 747 g/mol. The SMILES string of the molecule is O=CCCc1cn(Cc2ccc(F)cc2)c(=O)c(N2CCS(=O)(=O)CC2)n1.O=c1c(N2CCS(=O)(=O)CC2)nc(CCCO)cn1Cc1ccc(F)cc1. The van der Waals surface area contributed by atoms with Gasteiger partial charge in [-0.25, -0.2) is 35.6 Å². The summed E-state index contributed by atoms with van der Waals surface area (Å²) in [5.41, 5.74) is 2.09. The van der Waals surface area contributed by atoms with Crippen LogP contribution >= 0.6 is 0 Å². The minimum Gasteiger partial charge on any atom is -0.396 e. The van der Waals surface area contributed by atoms with E-state index in [1.54, 1.807) is 46.5 Å². The second kappa shape index (κ2) is 18.0. The number of aryl methyl sites for hydroxylation is 2. The average Bonchev–Trinajstić information content (AvgIpc) is 3.14. The lowest BCUT2D eigenvalue weighted by atomic mass is 10.2. The first-order valence-corrected chi connectivity index (χ1v) is 21.0. The van der Waals surface area contributed by atoms with Crippen molar-refractivity contribution in [3.63, 3.8) is 0 Å². The van der Waals surface area contributed by atoms with Gasteiger partial charge in [0.15, 0.2) is 31.3 Å². The Morgan fingerprint density at radius 1 is 0.648 bits per heavy atom. The Labute approximate surface area is 311 Å². The topological polar surface area (TPSA) is 182 Å². The molecule has 0 saturated carbocycles. The van der Waals surface area contributed by atoms with Gasteiger partial charge in [0.05, 0.1) is 47.5 Å². The summed E-state index contributed by atoms with van der Waals surface area (Å²) in [4.78, 5) is 48.7. The molecule has 2 aliphatic heterocycles. The number of aliphatic hydroxyl groups is 1. The van der Waals surface area contributed by atoms with Crippen LogP contribution in [-0.4, -0.2) is 103 Å². The smallest absolute Gasteiger partial charge is 0.293 e. The Bertz CT molecular complexity index is 2240. The molecule has 6 rings (SSSR count). The number of nitrogens with zero attached hydrogens (tertiary/aromatic N) is 6. The van der Waals surface area contributed by atoms with Crippen LogP contribution in [0.2, 0.25) is 0 Å². The van der Waals surface area contributed by atoms with Gasteiger partial charge in [0.1, 0.15) is 17.9 Å². The highest BCUT2D eigenvalue weighted by Gasteiger charge is 2.26. The lowest BCUT2D eigenvalue weighted by Crippen LogP contribution is -2.44. The van der Waals surface area contributed by atoms with E-state index in [2.05, 4.69) is 9.97 Å². The third-order valence-electron chi connectivity index (χ3n) is 8.94. The van der Waals surface area contributed by atoms with Crippen molar-refractivity contribution in [3.8, 4) is 0 Å². The lowest BCUT2D eigenvalue weighted by molar-refractivity contribution is -0.107. The molecule has 18 heteroatoms. The molecule has 0 unspecified atom stereocenters. The summed E-state index contributed by atoms with van der Waals surface area (Å²) in [7, 11) is -6.15. The summed E-state index contributed by atoms with van der Waals surface area (Å²) in [6, 6.07) is 11.7. The van der Waals surface area contributed by atoms with Gasteiger partial charge in [0.2, 0.25) is 0 Å². The molecule has 2 saturated heterocycles. The van der Waals surface area contributed by atoms with Crippen LogP contribution in [0.25, 0.3) is 0 Å². The van der Waals surface area contributed by atoms with Crippen molar-refractivity contribution in [3.05, 3.63) is 116 Å². The molecule has 2 fully saturated rings. The number of aldehydes is 1. The number of benzene rings is 2. The molecule has 0 aliphatic carbocycles. The van der Waals surface area contributed by atoms with Crippen molar-refractivity contribution in [1.82, 2.24) is 19.1 Å². The minimum absolute atomic E-state index is 0.00699. The Kier molecular flexibility index (Phi) is 13.5. The standard InChI is InChI=1S/C18H22FN3O4S.C18H20FN3O4S/c2*19-15-5-3-14(4-6-15)12-22-13-16(2-1-9-23)20-17(18(22)24)21-7-10-27(25,26)11-8-21/h3-6,13,23H,1-2,7-12H2;3-6,9,13H,1-2,7-8,10-12H2. The molecule has 4 heterocycles. The van der Waals surface area contributed by atoms with Crippen LogP contribution in [0.3, 0.4) is 0 Å². The van der Waals surface area contributed by atoms with Crippen molar-refractivity contribution >= 4 is 37.6 Å². The van der Waals surface area contributed by atoms with Crippen LogP contribution < -0.4 is 20.9 Å². The number of rotatable bonds is 12. The number of halogens is 2. The first kappa shape index (κ1) is 40.4. The van der Waals surface area contributed by atoms with Gasteiger partial charge in [0, 0.05) is 51.6 Å². The molecular formula is C36H42F2N6O8S2. The van der Waals surface area contributed by atoms with Gasteiger partial charge >= 0.3 is 0 Å². The third kappa shape index (κ3) is 11.1. The van der Waals surface area contributed by atoms with Gasteiger partial charge in [0.25, 0.3) is 11.1 Å². The molecule has 0 bridgehead atoms. The van der Waals surface area contributed by atoms with E-state index < -0.39 is 19.7 Å². The summed E-state index contributed by atoms with van der Waals surface area (Å²) >= 11 is 0. The number of hydrogen-bond donors (Lipinski definition) is 1. The fourth-order valence-corrected chi connectivity index (χ4v) is 8.34. The maximum atomic E-state index is 13.1. The Morgan fingerprint density at radius 2 is 1.04 bits per heavy atom. The molecule has 0 spiro atoms. The third-order valence-corrected chi connectivity index (χ3v) is 12.2. The zero-order valence-corrected chi connectivity index (χ0v) is 31.2. The van der Waals surface area contributed by atoms with Gasteiger partial charge in [-0.3, -0.25) is 9.59 Å². The number of sulfone groups is 2. The highest BCUT2D eigenvalue weighted by atomic mass is 32.2. The second-order valence-electron chi connectivity index (χ2n) is 13.0. The fourth-order valence-electron chi connectivity index (χ4n) is 5.94. The van der Waals surface area contributed by atoms with Crippen molar-refractivity contribution in [1.29, 1.82) is 0 Å². The van der Waals surface area contributed by atoms with E-state index in [4.69, 9.17) is 5.11 Å². The second-order valence-corrected chi connectivity index (χ2v) is 17.6. The first-order chi connectivity index (χ1) is 25.8. The number of aliphatic hydroxyl groups excluding tert-OH is 1. The predicted molar refractivity (Wildman–Crippen MR) is 200 cm³/mol. The number of carbonyl (C=O) groups is 1. The molecule has 1 N–H and O–H groups in total. The highest BCUT2D eigenvalue weighted by molar-refractivity contribution is 7.91. The van der Waals surface area contributed by atoms with E-state index in [0.29, 0.717) is 30.7 Å². The number of anilines is 2. The molecule has 2 aromatic heterocycles. The summed E-state index contributed by atoms with van der Waals surface area (Å²) in [5.74, 6) is -0.352. The van der Waals surface area contributed by atoms with E-state index in [1.165, 1.54) is 33.4 Å². The molecule has 2 aromatic carbocycles. The summed E-state index contributed by atoms with van der Waals surface area (Å²) in [6.45, 7) is 1.36. The van der Waals surface area contributed by atoms with Crippen LogP contribution in [0.5, 0.6) is 0 Å². The first-order valence-electron chi connectivity index (χ1n) is 17.4. The highest BCUT2D eigenvalue weighted by Crippen LogP contribution is 2.15. The lowest BCUT2D eigenvalue weighted by Gasteiger charge is -2.28. The zero-order valence-electron chi connectivity index (χ0n) is 29.5. The molecule has 0 amide bonds. The monoisotopic (exact) mass is 788 g/mol. The molecule has 4 aromatic rings. The Balaban J connectivity index is 0.000000208. The largest absolute Gasteiger partial charge is 0.396 e. The summed E-state index contributed by atoms with van der Waals surface area (Å²) < 4.78 is 75.9. The van der Waals surface area contributed by atoms with Gasteiger partial charge < -0.3 is 28.8 Å². The van der Waals surface area contributed by atoms with Gasteiger partial charge in [-0.1, -0.05) is 24.3 Å². The molecule has 290 valence electrons. The van der Waals surface area contributed by atoms with E-state index >= 15 is 0 Å². The van der Waals surface area contributed by atoms with Crippen LogP contribution in [0.4, 0.5) is 20.4 Å². The zero-order chi connectivity index (χ0) is 38.9. The van der Waals surface area contributed by atoms with E-state index in [0.717, 1.165) is 17.4 Å². The summed E-state index contributed by atoms with van der Waals surface area (Å²) in [5, 5.41) is 9.08. The number of carbonyl (C=O) groups excluding carboxylic acids is 1. The van der Waals surface area contributed by atoms with Crippen LogP contribution in [0.1, 0.15) is 35.4 Å². The van der Waals surface area contributed by atoms with Gasteiger partial charge in [-0.15, -0.1) is 0 Å². The molecule has 14 nitrogen and oxygen atoms in total. The van der Waals surface area contributed by atoms with Crippen LogP contribution in [-0.2, 0) is 50.4 Å². The van der Waals surface area contributed by atoms with Crippen LogP contribution in [0.15, 0.2) is 70.5 Å². The van der Waals surface area contributed by atoms with Gasteiger partial charge in [-0.05, 0) is 54.7 Å². The van der Waals surface area contributed by atoms with Crippen molar-refractivity contribution in [2.45, 2.75) is 38.8 Å². The van der Waals surface area contributed by atoms with E-state index in [9.17, 15) is 40.0 Å². The van der Waals surface area contributed by atoms with E-state index in [-0.39, 0.29) is 110 Å². The van der Waals surface area contributed by atoms with Crippen molar-refractivity contribution in [2.75, 3.05) is 65.6 Å². The van der Waals surface area contributed by atoms with Crippen molar-refractivity contribution in [2.24, 2.45) is 0 Å². The predicted octanol–water partition coefficient (Wildman–Crippen LogP) is 1.39. The van der Waals surface area contributed by atoms with Crippen LogP contribution in [0, 0.1) is 11.6 Å². The maximum Gasteiger partial charge on any atom is 0.293 e. The number of hydrogen-bond acceptors (Lipinski definition) is 12. The average molecular weight is 789 g/mol. The fraction of sp³-hybridized carbons (Fsp3) is 0.417. The maximum absolute atomic E-state index is 13.1. The molecule has 54 heavy (non-hydrogen) atoms. The Hall–Kier alpha value is -4.81. The number of aromatic nitrogens is 4. The quantitative estimate of drug-likeness (QED) is 0.204. The summed E-state index contributed by atoms with van der Waals surface area (Å²) in [6.07, 6.45) is 5.69. The van der Waals surface area contributed by atoms with E-state index in [1.807, 2.05) is 0 Å². The molecule has 0 radical (unpaired) electrons. The van der Waals surface area contributed by atoms with Gasteiger partial charge in [-0.2, -0.15) is 0 Å². The van der Waals surface area contributed by atoms with Crippen molar-refractivity contribution < 1.29 is 35.5 Å².